The van der Waals surface area contributed by atoms with Gasteiger partial charge < -0.3 is 10.3 Å². The first kappa shape index (κ1) is 11.1. The van der Waals surface area contributed by atoms with Crippen molar-refractivity contribution in [1.29, 1.82) is 5.26 Å². The van der Waals surface area contributed by atoms with Crippen molar-refractivity contribution in [3.05, 3.63) is 16.8 Å². The summed E-state index contributed by atoms with van der Waals surface area (Å²) in [7, 11) is 0. The second-order valence-electron chi connectivity index (χ2n) is 4.82. The van der Waals surface area contributed by atoms with Gasteiger partial charge in [-0.15, -0.1) is 0 Å². The molecule has 0 radical (unpaired) electrons. The van der Waals surface area contributed by atoms with Crippen LogP contribution < -0.4 is 5.73 Å². The molecular formula is C13H19N3. The maximum atomic E-state index is 9.03. The summed E-state index contributed by atoms with van der Waals surface area (Å²) in [5.41, 5.74) is 8.84. The lowest BCUT2D eigenvalue weighted by Gasteiger charge is -2.25. The highest BCUT2D eigenvalue weighted by Gasteiger charge is 2.19. The van der Waals surface area contributed by atoms with E-state index in [0.717, 1.165) is 23.7 Å². The fourth-order valence-corrected chi connectivity index (χ4v) is 2.41. The molecule has 0 saturated heterocycles. The van der Waals surface area contributed by atoms with Gasteiger partial charge in [0.15, 0.2) is 0 Å². The van der Waals surface area contributed by atoms with Crippen LogP contribution in [0.15, 0.2) is 0 Å². The molecule has 1 fully saturated rings. The van der Waals surface area contributed by atoms with E-state index in [2.05, 4.69) is 10.6 Å². The molecule has 1 heterocycles. The highest BCUT2D eigenvalue weighted by Crippen LogP contribution is 2.31. The van der Waals surface area contributed by atoms with Crippen LogP contribution in [-0.4, -0.2) is 4.57 Å². The third-order valence-corrected chi connectivity index (χ3v) is 3.97. The van der Waals surface area contributed by atoms with E-state index in [4.69, 9.17) is 11.0 Å². The predicted octanol–water partition coefficient (Wildman–Crippen LogP) is 2.75. The van der Waals surface area contributed by atoms with Gasteiger partial charge in [0.25, 0.3) is 0 Å². The van der Waals surface area contributed by atoms with E-state index in [9.17, 15) is 0 Å². The average Bonchev–Trinajstić information content (AvgIpc) is 2.39. The van der Waals surface area contributed by atoms with Gasteiger partial charge in [0.05, 0.1) is 5.56 Å². The van der Waals surface area contributed by atoms with Gasteiger partial charge >= 0.3 is 0 Å². The fraction of sp³-hybridized carbons (Fsp3) is 0.615. The summed E-state index contributed by atoms with van der Waals surface area (Å²) in [6.45, 7) is 4.99. The number of nitriles is 1. The van der Waals surface area contributed by atoms with Gasteiger partial charge in [-0.05, 0) is 31.7 Å². The van der Waals surface area contributed by atoms with Crippen LogP contribution in [0.1, 0.15) is 42.5 Å². The Bertz CT molecular complexity index is 433. The number of nitrogen functional groups attached to an aromatic ring is 1. The van der Waals surface area contributed by atoms with Crippen LogP contribution >= 0.6 is 0 Å². The van der Waals surface area contributed by atoms with Gasteiger partial charge in [-0.2, -0.15) is 5.26 Å². The molecule has 3 heteroatoms. The van der Waals surface area contributed by atoms with Crippen molar-refractivity contribution >= 4 is 5.82 Å². The smallest absolute Gasteiger partial charge is 0.122 e. The molecule has 0 unspecified atom stereocenters. The van der Waals surface area contributed by atoms with Crippen molar-refractivity contribution in [2.45, 2.75) is 46.1 Å². The maximum absolute atomic E-state index is 9.03. The minimum atomic E-state index is 0.650. The summed E-state index contributed by atoms with van der Waals surface area (Å²) < 4.78 is 2.10. The summed E-state index contributed by atoms with van der Waals surface area (Å²) >= 11 is 0. The number of aromatic nitrogens is 1. The number of anilines is 1. The molecule has 0 aromatic carbocycles. The topological polar surface area (TPSA) is 54.7 Å². The van der Waals surface area contributed by atoms with Crippen LogP contribution in [0.4, 0.5) is 5.82 Å². The molecule has 0 amide bonds. The molecule has 1 aromatic rings. The minimum Gasteiger partial charge on any atom is -0.384 e. The Kier molecular flexibility index (Phi) is 2.91. The molecule has 1 saturated carbocycles. The summed E-state index contributed by atoms with van der Waals surface area (Å²) in [4.78, 5) is 0. The third-order valence-electron chi connectivity index (χ3n) is 3.97. The van der Waals surface area contributed by atoms with Gasteiger partial charge in [0.2, 0.25) is 0 Å². The van der Waals surface area contributed by atoms with Crippen LogP contribution in [0.3, 0.4) is 0 Å². The molecule has 0 atom stereocenters. The second kappa shape index (κ2) is 4.21. The molecule has 86 valence electrons. The van der Waals surface area contributed by atoms with E-state index < -0.39 is 0 Å². The second-order valence-corrected chi connectivity index (χ2v) is 4.82. The summed E-state index contributed by atoms with van der Waals surface area (Å²) in [6.07, 6.45) is 5.31. The molecule has 0 spiro atoms. The zero-order valence-electron chi connectivity index (χ0n) is 10.1. The Hall–Kier alpha value is -1.43. The van der Waals surface area contributed by atoms with Crippen LogP contribution in [0.2, 0.25) is 0 Å². The molecule has 16 heavy (non-hydrogen) atoms. The Morgan fingerprint density at radius 2 is 2.12 bits per heavy atom. The lowest BCUT2D eigenvalue weighted by atomic mass is 9.83. The SMILES string of the molecule is Cc1c(C#N)c(N)n(CCC2CCC2)c1C. The largest absolute Gasteiger partial charge is 0.384 e. The summed E-state index contributed by atoms with van der Waals surface area (Å²) in [5.74, 6) is 1.53. The van der Waals surface area contributed by atoms with Gasteiger partial charge in [-0.3, -0.25) is 0 Å². The molecule has 0 bridgehead atoms. The number of nitrogens with zero attached hydrogens (tertiary/aromatic N) is 2. The first-order chi connectivity index (χ1) is 7.65. The van der Waals surface area contributed by atoms with Crippen LogP contribution in [0, 0.1) is 31.1 Å². The van der Waals surface area contributed by atoms with Gasteiger partial charge in [-0.25, -0.2) is 0 Å². The number of hydrogen-bond acceptors (Lipinski definition) is 2. The van der Waals surface area contributed by atoms with Crippen molar-refractivity contribution in [2.75, 3.05) is 5.73 Å². The summed E-state index contributed by atoms with van der Waals surface area (Å²) in [6, 6.07) is 2.19. The van der Waals surface area contributed by atoms with Crippen molar-refractivity contribution < 1.29 is 0 Å². The van der Waals surface area contributed by atoms with Crippen LogP contribution in [-0.2, 0) is 6.54 Å². The zero-order chi connectivity index (χ0) is 11.7. The van der Waals surface area contributed by atoms with Crippen LogP contribution in [0.25, 0.3) is 0 Å². The molecule has 2 rings (SSSR count). The van der Waals surface area contributed by atoms with E-state index in [0.29, 0.717) is 11.4 Å². The Labute approximate surface area is 96.9 Å². The highest BCUT2D eigenvalue weighted by molar-refractivity contribution is 5.57. The lowest BCUT2D eigenvalue weighted by molar-refractivity contribution is 0.282. The molecule has 3 nitrogen and oxygen atoms in total. The first-order valence-electron chi connectivity index (χ1n) is 6.00. The van der Waals surface area contributed by atoms with E-state index in [1.807, 2.05) is 13.8 Å². The number of hydrogen-bond donors (Lipinski definition) is 1. The van der Waals surface area contributed by atoms with Crippen molar-refractivity contribution in [3.8, 4) is 6.07 Å². The Morgan fingerprint density at radius 1 is 1.44 bits per heavy atom. The Morgan fingerprint density at radius 3 is 2.56 bits per heavy atom. The van der Waals surface area contributed by atoms with Crippen LogP contribution in [0.5, 0.6) is 0 Å². The molecule has 2 N–H and O–H groups in total. The number of rotatable bonds is 3. The van der Waals surface area contributed by atoms with Gasteiger partial charge in [-0.1, -0.05) is 19.3 Å². The van der Waals surface area contributed by atoms with E-state index >= 15 is 0 Å². The Balaban J connectivity index is 2.16. The first-order valence-corrected chi connectivity index (χ1v) is 6.00. The van der Waals surface area contributed by atoms with Crippen molar-refractivity contribution in [3.63, 3.8) is 0 Å². The lowest BCUT2D eigenvalue weighted by Crippen LogP contribution is -2.15. The quantitative estimate of drug-likeness (QED) is 0.846. The average molecular weight is 217 g/mol. The highest BCUT2D eigenvalue weighted by atomic mass is 15.1. The molecule has 1 aliphatic rings. The summed E-state index contributed by atoms with van der Waals surface area (Å²) in [5, 5.41) is 9.03. The molecule has 1 aromatic heterocycles. The number of nitrogens with two attached hydrogens (primary N) is 1. The fourth-order valence-electron chi connectivity index (χ4n) is 2.41. The zero-order valence-corrected chi connectivity index (χ0v) is 10.1. The van der Waals surface area contributed by atoms with Crippen molar-refractivity contribution in [2.24, 2.45) is 5.92 Å². The van der Waals surface area contributed by atoms with E-state index in [-0.39, 0.29) is 0 Å². The minimum absolute atomic E-state index is 0.650. The maximum Gasteiger partial charge on any atom is 0.122 e. The van der Waals surface area contributed by atoms with E-state index in [1.165, 1.54) is 25.7 Å². The molecule has 0 aliphatic heterocycles. The monoisotopic (exact) mass is 217 g/mol. The van der Waals surface area contributed by atoms with Crippen molar-refractivity contribution in [1.82, 2.24) is 4.57 Å². The predicted molar refractivity (Wildman–Crippen MR) is 65.0 cm³/mol. The van der Waals surface area contributed by atoms with Gasteiger partial charge in [0, 0.05) is 12.2 Å². The third kappa shape index (κ3) is 1.69. The van der Waals surface area contributed by atoms with Gasteiger partial charge in [0.1, 0.15) is 11.9 Å². The van der Waals surface area contributed by atoms with E-state index in [1.54, 1.807) is 0 Å². The normalized spacial score (nSPS) is 15.8. The molecule has 1 aliphatic carbocycles. The molecular weight excluding hydrogens is 198 g/mol. The standard InChI is InChI=1S/C13H19N3/c1-9-10(2)16(13(15)12(9)8-14)7-6-11-4-3-5-11/h11H,3-7,15H2,1-2H3.